The predicted molar refractivity (Wildman–Crippen MR) is 45.6 cm³/mol. The van der Waals surface area contributed by atoms with Crippen LogP contribution in [0.25, 0.3) is 0 Å². The average molecular weight is 167 g/mol. The number of rotatable bonds is 2. The zero-order valence-corrected chi connectivity index (χ0v) is 7.31. The SMILES string of the molecule is Cc1ccc([C@H](C)N=C=O)s1. The molecule has 1 rings (SSSR count). The van der Waals surface area contributed by atoms with E-state index in [1.165, 1.54) is 4.88 Å². The van der Waals surface area contributed by atoms with Gasteiger partial charge in [0.15, 0.2) is 0 Å². The van der Waals surface area contributed by atoms with Gasteiger partial charge in [-0.3, -0.25) is 0 Å². The van der Waals surface area contributed by atoms with Crippen molar-refractivity contribution in [3.8, 4) is 0 Å². The number of isocyanates is 1. The molecule has 58 valence electrons. The van der Waals surface area contributed by atoms with Crippen molar-refractivity contribution < 1.29 is 4.79 Å². The van der Waals surface area contributed by atoms with Crippen LogP contribution < -0.4 is 0 Å². The minimum atomic E-state index is -0.0359. The van der Waals surface area contributed by atoms with Crippen molar-refractivity contribution in [1.82, 2.24) is 0 Å². The van der Waals surface area contributed by atoms with Gasteiger partial charge in [0.05, 0.1) is 6.04 Å². The van der Waals surface area contributed by atoms with Crippen LogP contribution in [0, 0.1) is 6.92 Å². The number of hydrogen-bond donors (Lipinski definition) is 0. The van der Waals surface area contributed by atoms with E-state index in [1.54, 1.807) is 17.4 Å². The van der Waals surface area contributed by atoms with Gasteiger partial charge in [0.1, 0.15) is 0 Å². The van der Waals surface area contributed by atoms with Crippen LogP contribution in [0.2, 0.25) is 0 Å². The summed E-state index contributed by atoms with van der Waals surface area (Å²) in [5.74, 6) is 0. The molecule has 0 fully saturated rings. The highest BCUT2D eigenvalue weighted by Crippen LogP contribution is 2.24. The maximum atomic E-state index is 9.91. The lowest BCUT2D eigenvalue weighted by atomic mass is 10.3. The molecule has 1 aromatic heterocycles. The number of hydrogen-bond acceptors (Lipinski definition) is 3. The van der Waals surface area contributed by atoms with Gasteiger partial charge in [0.2, 0.25) is 6.08 Å². The molecule has 0 saturated carbocycles. The lowest BCUT2D eigenvalue weighted by molar-refractivity contribution is 0.560. The molecule has 0 N–H and O–H groups in total. The average Bonchev–Trinajstić information content (AvgIpc) is 2.36. The summed E-state index contributed by atoms with van der Waals surface area (Å²) in [7, 11) is 0. The molecule has 0 bridgehead atoms. The van der Waals surface area contributed by atoms with Crippen molar-refractivity contribution in [1.29, 1.82) is 0 Å². The molecule has 0 amide bonds. The van der Waals surface area contributed by atoms with Gasteiger partial charge in [-0.15, -0.1) is 11.3 Å². The zero-order chi connectivity index (χ0) is 8.27. The smallest absolute Gasteiger partial charge is 0.211 e. The predicted octanol–water partition coefficient (Wildman–Crippen LogP) is 2.45. The van der Waals surface area contributed by atoms with Gasteiger partial charge in [0, 0.05) is 9.75 Å². The monoisotopic (exact) mass is 167 g/mol. The number of nitrogens with zero attached hydrogens (tertiary/aromatic N) is 1. The van der Waals surface area contributed by atoms with Crippen molar-refractivity contribution >= 4 is 17.4 Å². The maximum absolute atomic E-state index is 9.91. The molecular formula is C8H9NOS. The second kappa shape index (κ2) is 3.46. The summed E-state index contributed by atoms with van der Waals surface area (Å²) in [6.07, 6.45) is 1.56. The van der Waals surface area contributed by atoms with Crippen LogP contribution in [0.3, 0.4) is 0 Å². The van der Waals surface area contributed by atoms with E-state index in [2.05, 4.69) is 4.99 Å². The molecule has 11 heavy (non-hydrogen) atoms. The van der Waals surface area contributed by atoms with E-state index in [1.807, 2.05) is 26.0 Å². The van der Waals surface area contributed by atoms with Gasteiger partial charge in [-0.2, -0.15) is 4.99 Å². The topological polar surface area (TPSA) is 29.4 Å². The van der Waals surface area contributed by atoms with Crippen LogP contribution >= 0.6 is 11.3 Å². The summed E-state index contributed by atoms with van der Waals surface area (Å²) in [5, 5.41) is 0. The Morgan fingerprint density at radius 3 is 2.82 bits per heavy atom. The fourth-order valence-electron chi connectivity index (χ4n) is 0.821. The summed E-state index contributed by atoms with van der Waals surface area (Å²) in [6.45, 7) is 3.92. The molecule has 0 saturated heterocycles. The molecule has 0 unspecified atom stereocenters. The summed E-state index contributed by atoms with van der Waals surface area (Å²) in [6, 6.07) is 3.98. The van der Waals surface area contributed by atoms with Crippen LogP contribution in [0.15, 0.2) is 17.1 Å². The van der Waals surface area contributed by atoms with Gasteiger partial charge in [-0.05, 0) is 26.0 Å². The fourth-order valence-corrected chi connectivity index (χ4v) is 1.69. The summed E-state index contributed by atoms with van der Waals surface area (Å²) < 4.78 is 0. The van der Waals surface area contributed by atoms with Crippen molar-refractivity contribution in [2.45, 2.75) is 19.9 Å². The molecule has 3 heteroatoms. The van der Waals surface area contributed by atoms with Crippen LogP contribution in [0.5, 0.6) is 0 Å². The number of aliphatic imine (C=N–C) groups is 1. The summed E-state index contributed by atoms with van der Waals surface area (Å²) in [4.78, 5) is 15.9. The second-order valence-corrected chi connectivity index (χ2v) is 3.66. The normalized spacial score (nSPS) is 12.2. The first kappa shape index (κ1) is 8.18. The van der Waals surface area contributed by atoms with Crippen molar-refractivity contribution in [2.75, 3.05) is 0 Å². The van der Waals surface area contributed by atoms with Crippen LogP contribution in [0.1, 0.15) is 22.7 Å². The number of aryl methyl sites for hydroxylation is 1. The highest BCUT2D eigenvalue weighted by atomic mass is 32.1. The quantitative estimate of drug-likeness (QED) is 0.491. The van der Waals surface area contributed by atoms with E-state index in [4.69, 9.17) is 0 Å². The molecule has 1 aromatic rings. The lowest BCUT2D eigenvalue weighted by Gasteiger charge is -1.96. The third-order valence-electron chi connectivity index (χ3n) is 1.42. The van der Waals surface area contributed by atoms with E-state index < -0.39 is 0 Å². The van der Waals surface area contributed by atoms with Gasteiger partial charge < -0.3 is 0 Å². The molecule has 0 aliphatic carbocycles. The number of carbonyl (C=O) groups excluding carboxylic acids is 1. The van der Waals surface area contributed by atoms with Crippen LogP contribution in [-0.4, -0.2) is 6.08 Å². The third kappa shape index (κ3) is 2.00. The standard InChI is InChI=1S/C8H9NOS/c1-6-3-4-8(11-6)7(2)9-5-10/h3-4,7H,1-2H3/t7-/m0/s1. The van der Waals surface area contributed by atoms with Crippen molar-refractivity contribution in [3.63, 3.8) is 0 Å². The van der Waals surface area contributed by atoms with Gasteiger partial charge >= 0.3 is 0 Å². The summed E-state index contributed by atoms with van der Waals surface area (Å²) >= 11 is 1.66. The highest BCUT2D eigenvalue weighted by Gasteiger charge is 2.04. The molecule has 1 heterocycles. The maximum Gasteiger partial charge on any atom is 0.235 e. The van der Waals surface area contributed by atoms with Crippen molar-refractivity contribution in [3.05, 3.63) is 21.9 Å². The Morgan fingerprint density at radius 1 is 1.64 bits per heavy atom. The Bertz CT molecular complexity index is 286. The zero-order valence-electron chi connectivity index (χ0n) is 6.50. The van der Waals surface area contributed by atoms with E-state index in [0.717, 1.165) is 4.88 Å². The van der Waals surface area contributed by atoms with E-state index in [0.29, 0.717) is 0 Å². The van der Waals surface area contributed by atoms with Crippen molar-refractivity contribution in [2.24, 2.45) is 4.99 Å². The third-order valence-corrected chi connectivity index (χ3v) is 2.59. The fraction of sp³-hybridized carbons (Fsp3) is 0.375. The van der Waals surface area contributed by atoms with Gasteiger partial charge in [-0.25, -0.2) is 4.79 Å². The first-order valence-electron chi connectivity index (χ1n) is 3.37. The first-order chi connectivity index (χ1) is 5.24. The van der Waals surface area contributed by atoms with Crippen LogP contribution in [0.4, 0.5) is 0 Å². The molecule has 0 aliphatic rings. The van der Waals surface area contributed by atoms with Gasteiger partial charge in [-0.1, -0.05) is 0 Å². The molecule has 0 aliphatic heterocycles. The Kier molecular flexibility index (Phi) is 2.58. The Morgan fingerprint density at radius 2 is 2.36 bits per heavy atom. The number of thiophene rings is 1. The first-order valence-corrected chi connectivity index (χ1v) is 4.19. The molecular weight excluding hydrogens is 158 g/mol. The summed E-state index contributed by atoms with van der Waals surface area (Å²) in [5.41, 5.74) is 0. The molecule has 0 radical (unpaired) electrons. The minimum absolute atomic E-state index is 0.0359. The largest absolute Gasteiger partial charge is 0.235 e. The second-order valence-electron chi connectivity index (χ2n) is 2.34. The Hall–Kier alpha value is -0.920. The van der Waals surface area contributed by atoms with E-state index in [-0.39, 0.29) is 6.04 Å². The lowest BCUT2D eigenvalue weighted by Crippen LogP contribution is -1.81. The van der Waals surface area contributed by atoms with E-state index in [9.17, 15) is 4.79 Å². The van der Waals surface area contributed by atoms with Crippen LogP contribution in [-0.2, 0) is 4.79 Å². The van der Waals surface area contributed by atoms with E-state index >= 15 is 0 Å². The molecule has 0 aromatic carbocycles. The minimum Gasteiger partial charge on any atom is -0.211 e. The highest BCUT2D eigenvalue weighted by molar-refractivity contribution is 7.12. The molecule has 2 nitrogen and oxygen atoms in total. The van der Waals surface area contributed by atoms with Gasteiger partial charge in [0.25, 0.3) is 0 Å². The Labute approximate surface area is 69.6 Å². The molecule has 1 atom stereocenters. The Balaban J connectivity index is 2.84. The molecule has 0 spiro atoms.